The van der Waals surface area contributed by atoms with Crippen LogP contribution in [0.15, 0.2) is 42.6 Å². The first-order chi connectivity index (χ1) is 11.7. The molecule has 0 unspecified atom stereocenters. The highest BCUT2D eigenvalue weighted by atomic mass is 16.3. The van der Waals surface area contributed by atoms with Crippen molar-refractivity contribution in [2.24, 2.45) is 5.92 Å². The summed E-state index contributed by atoms with van der Waals surface area (Å²) in [6.07, 6.45) is 4.34. The Kier molecular flexibility index (Phi) is 3.94. The van der Waals surface area contributed by atoms with Gasteiger partial charge >= 0.3 is 0 Å². The molecule has 0 radical (unpaired) electrons. The second-order valence-electron chi connectivity index (χ2n) is 6.52. The van der Waals surface area contributed by atoms with E-state index in [1.54, 1.807) is 18.3 Å². The standard InChI is InChI=1S/C19H21N3O2/c23-17(14-7-8-14)12-21-18-15(5-3-10-20-18)19(24)22-11-9-13-4-1-2-6-16(13)22/h1-6,10,14,17,23H,7-9,11-12H2,(H,20,21)/t17-/m1/s1. The van der Waals surface area contributed by atoms with Crippen LogP contribution < -0.4 is 10.2 Å². The second-order valence-corrected chi connectivity index (χ2v) is 6.52. The molecule has 2 aromatic rings. The Morgan fingerprint density at radius 1 is 1.29 bits per heavy atom. The van der Waals surface area contributed by atoms with E-state index in [4.69, 9.17) is 0 Å². The summed E-state index contributed by atoms with van der Waals surface area (Å²) in [6.45, 7) is 1.12. The van der Waals surface area contributed by atoms with Crippen LogP contribution in [0.25, 0.3) is 0 Å². The summed E-state index contributed by atoms with van der Waals surface area (Å²) in [7, 11) is 0. The number of pyridine rings is 1. The summed E-state index contributed by atoms with van der Waals surface area (Å²) < 4.78 is 0. The number of aliphatic hydroxyl groups excluding tert-OH is 1. The van der Waals surface area contributed by atoms with Gasteiger partial charge in [-0.25, -0.2) is 4.98 Å². The predicted molar refractivity (Wildman–Crippen MR) is 93.3 cm³/mol. The highest BCUT2D eigenvalue weighted by molar-refractivity contribution is 6.10. The van der Waals surface area contributed by atoms with E-state index in [1.807, 2.05) is 23.1 Å². The molecule has 2 heterocycles. The van der Waals surface area contributed by atoms with Gasteiger partial charge in [-0.1, -0.05) is 18.2 Å². The Bertz CT molecular complexity index is 758. The van der Waals surface area contributed by atoms with Crippen molar-refractivity contribution < 1.29 is 9.90 Å². The van der Waals surface area contributed by atoms with E-state index in [1.165, 1.54) is 5.56 Å². The first-order valence-electron chi connectivity index (χ1n) is 8.51. The van der Waals surface area contributed by atoms with Gasteiger partial charge in [-0.15, -0.1) is 0 Å². The molecule has 0 spiro atoms. The van der Waals surface area contributed by atoms with Crippen LogP contribution in [0.3, 0.4) is 0 Å². The number of rotatable bonds is 5. The molecule has 0 saturated heterocycles. The lowest BCUT2D eigenvalue weighted by molar-refractivity contribution is 0.0989. The number of benzene rings is 1. The molecule has 1 aliphatic carbocycles. The van der Waals surface area contributed by atoms with E-state index in [9.17, 15) is 9.90 Å². The van der Waals surface area contributed by atoms with E-state index < -0.39 is 0 Å². The van der Waals surface area contributed by atoms with Gasteiger partial charge in [-0.2, -0.15) is 0 Å². The molecule has 4 rings (SSSR count). The summed E-state index contributed by atoms with van der Waals surface area (Å²) in [4.78, 5) is 19.1. The normalized spacial score (nSPS) is 17.5. The third-order valence-corrected chi connectivity index (χ3v) is 4.82. The largest absolute Gasteiger partial charge is 0.391 e. The zero-order valence-corrected chi connectivity index (χ0v) is 13.5. The summed E-state index contributed by atoms with van der Waals surface area (Å²) >= 11 is 0. The second kappa shape index (κ2) is 6.24. The third kappa shape index (κ3) is 2.87. The Hall–Kier alpha value is -2.40. The fourth-order valence-electron chi connectivity index (χ4n) is 3.26. The van der Waals surface area contributed by atoms with Gasteiger partial charge in [-0.3, -0.25) is 4.79 Å². The number of para-hydroxylation sites is 1. The lowest BCUT2D eigenvalue weighted by Gasteiger charge is -2.20. The van der Waals surface area contributed by atoms with Gasteiger partial charge in [0.25, 0.3) is 5.91 Å². The SMILES string of the molecule is O=C(c1cccnc1NC[C@@H](O)C1CC1)N1CCc2ccccc21. The van der Waals surface area contributed by atoms with Crippen molar-refractivity contribution in [3.8, 4) is 0 Å². The van der Waals surface area contributed by atoms with Crippen molar-refractivity contribution in [3.63, 3.8) is 0 Å². The van der Waals surface area contributed by atoms with Gasteiger partial charge in [0, 0.05) is 25.0 Å². The smallest absolute Gasteiger partial charge is 0.262 e. The number of hydrogen-bond acceptors (Lipinski definition) is 4. The van der Waals surface area contributed by atoms with Crippen LogP contribution in [0.4, 0.5) is 11.5 Å². The van der Waals surface area contributed by atoms with Gasteiger partial charge < -0.3 is 15.3 Å². The third-order valence-electron chi connectivity index (χ3n) is 4.82. The highest BCUT2D eigenvalue weighted by Crippen LogP contribution is 2.33. The maximum atomic E-state index is 13.0. The maximum Gasteiger partial charge on any atom is 0.262 e. The van der Waals surface area contributed by atoms with Crippen LogP contribution in [0.1, 0.15) is 28.8 Å². The molecule has 1 aliphatic heterocycles. The molecule has 24 heavy (non-hydrogen) atoms. The van der Waals surface area contributed by atoms with Crippen molar-refractivity contribution in [1.29, 1.82) is 0 Å². The minimum absolute atomic E-state index is 0.0449. The molecule has 1 aromatic carbocycles. The first kappa shape index (κ1) is 15.1. The molecule has 1 atom stereocenters. The van der Waals surface area contributed by atoms with Crippen molar-refractivity contribution >= 4 is 17.4 Å². The monoisotopic (exact) mass is 323 g/mol. The van der Waals surface area contributed by atoms with E-state index in [2.05, 4.69) is 16.4 Å². The fraction of sp³-hybridized carbons (Fsp3) is 0.368. The van der Waals surface area contributed by atoms with Gasteiger partial charge in [0.05, 0.1) is 11.7 Å². The molecule has 124 valence electrons. The molecule has 5 nitrogen and oxygen atoms in total. The number of amides is 1. The Morgan fingerprint density at radius 3 is 2.96 bits per heavy atom. The van der Waals surface area contributed by atoms with E-state index >= 15 is 0 Å². The summed E-state index contributed by atoms with van der Waals surface area (Å²) in [5, 5.41) is 13.2. The molecule has 1 aromatic heterocycles. The van der Waals surface area contributed by atoms with E-state index in [0.29, 0.717) is 30.4 Å². The van der Waals surface area contributed by atoms with Crippen LogP contribution in [0, 0.1) is 5.92 Å². The molecule has 1 saturated carbocycles. The lowest BCUT2D eigenvalue weighted by Crippen LogP contribution is -2.30. The molecule has 5 heteroatoms. The zero-order valence-electron chi connectivity index (χ0n) is 13.5. The Morgan fingerprint density at radius 2 is 2.12 bits per heavy atom. The number of carbonyl (C=O) groups excluding carboxylic acids is 1. The van der Waals surface area contributed by atoms with Crippen molar-refractivity contribution in [1.82, 2.24) is 4.98 Å². The Labute approximate surface area is 141 Å². The molecule has 1 amide bonds. The first-order valence-corrected chi connectivity index (χ1v) is 8.51. The van der Waals surface area contributed by atoms with E-state index in [-0.39, 0.29) is 12.0 Å². The number of fused-ring (bicyclic) bond motifs is 1. The van der Waals surface area contributed by atoms with Crippen molar-refractivity contribution in [2.75, 3.05) is 23.3 Å². The van der Waals surface area contributed by atoms with Gasteiger partial charge in [0.15, 0.2) is 0 Å². The van der Waals surface area contributed by atoms with Crippen LogP contribution in [0.2, 0.25) is 0 Å². The van der Waals surface area contributed by atoms with Crippen LogP contribution >= 0.6 is 0 Å². The number of nitrogens with zero attached hydrogens (tertiary/aromatic N) is 2. The van der Waals surface area contributed by atoms with Crippen molar-refractivity contribution in [2.45, 2.75) is 25.4 Å². The van der Waals surface area contributed by atoms with Gasteiger partial charge in [-0.05, 0) is 48.9 Å². The van der Waals surface area contributed by atoms with Crippen LogP contribution in [-0.2, 0) is 6.42 Å². The number of hydrogen-bond donors (Lipinski definition) is 2. The van der Waals surface area contributed by atoms with Crippen molar-refractivity contribution in [3.05, 3.63) is 53.7 Å². The number of carbonyl (C=O) groups is 1. The molecule has 2 aliphatic rings. The minimum atomic E-state index is -0.373. The molecule has 1 fully saturated rings. The van der Waals surface area contributed by atoms with Crippen LogP contribution in [0.5, 0.6) is 0 Å². The summed E-state index contributed by atoms with van der Waals surface area (Å²) in [5.74, 6) is 0.897. The summed E-state index contributed by atoms with van der Waals surface area (Å²) in [5.41, 5.74) is 2.74. The predicted octanol–water partition coefficient (Wildman–Crippen LogP) is 2.47. The number of anilines is 2. The lowest BCUT2D eigenvalue weighted by atomic mass is 10.1. The average Bonchev–Trinajstić information content (AvgIpc) is 3.39. The minimum Gasteiger partial charge on any atom is -0.391 e. The number of nitrogens with one attached hydrogen (secondary N) is 1. The number of aromatic nitrogens is 1. The average molecular weight is 323 g/mol. The van der Waals surface area contributed by atoms with Crippen LogP contribution in [-0.4, -0.2) is 35.2 Å². The molecule has 2 N–H and O–H groups in total. The molecular weight excluding hydrogens is 302 g/mol. The molecular formula is C19H21N3O2. The fourth-order valence-corrected chi connectivity index (χ4v) is 3.26. The highest BCUT2D eigenvalue weighted by Gasteiger charge is 2.30. The number of aliphatic hydroxyl groups is 1. The summed E-state index contributed by atoms with van der Waals surface area (Å²) in [6, 6.07) is 11.6. The topological polar surface area (TPSA) is 65.5 Å². The molecule has 0 bridgehead atoms. The van der Waals surface area contributed by atoms with Gasteiger partial charge in [0.1, 0.15) is 5.82 Å². The Balaban J connectivity index is 1.54. The van der Waals surface area contributed by atoms with Gasteiger partial charge in [0.2, 0.25) is 0 Å². The maximum absolute atomic E-state index is 13.0. The van der Waals surface area contributed by atoms with E-state index in [0.717, 1.165) is 24.9 Å². The zero-order chi connectivity index (χ0) is 16.5. The quantitative estimate of drug-likeness (QED) is 0.887.